The summed E-state index contributed by atoms with van der Waals surface area (Å²) in [6.07, 6.45) is 5.19. The number of aromatic nitrogens is 4. The molecular formula is C11H8IN5. The van der Waals surface area contributed by atoms with Gasteiger partial charge in [0.05, 0.1) is 6.20 Å². The van der Waals surface area contributed by atoms with Crippen LogP contribution in [0.1, 0.15) is 0 Å². The molecule has 0 bridgehead atoms. The van der Waals surface area contributed by atoms with Gasteiger partial charge >= 0.3 is 0 Å². The maximum atomic E-state index is 5.97. The van der Waals surface area contributed by atoms with E-state index < -0.39 is 0 Å². The average Bonchev–Trinajstić information content (AvgIpc) is 2.76. The lowest BCUT2D eigenvalue weighted by molar-refractivity contribution is 1.11. The zero-order valence-corrected chi connectivity index (χ0v) is 10.9. The first-order chi connectivity index (χ1) is 8.25. The molecule has 1 aromatic carbocycles. The summed E-state index contributed by atoms with van der Waals surface area (Å²) < 4.78 is 2.98. The summed E-state index contributed by atoms with van der Waals surface area (Å²) in [6.45, 7) is 0. The van der Waals surface area contributed by atoms with Crippen LogP contribution in [0.3, 0.4) is 0 Å². The molecule has 3 rings (SSSR count). The molecule has 0 saturated carbocycles. The van der Waals surface area contributed by atoms with E-state index in [-0.39, 0.29) is 0 Å². The van der Waals surface area contributed by atoms with E-state index in [1.807, 2.05) is 28.8 Å². The van der Waals surface area contributed by atoms with Gasteiger partial charge in [-0.2, -0.15) is 0 Å². The van der Waals surface area contributed by atoms with Gasteiger partial charge in [0.2, 0.25) is 0 Å². The lowest BCUT2D eigenvalue weighted by Gasteiger charge is -2.04. The maximum Gasteiger partial charge on any atom is 0.179 e. The molecule has 3 aromatic rings. The number of anilines is 1. The number of hydrogen-bond acceptors (Lipinski definition) is 4. The molecular weight excluding hydrogens is 329 g/mol. The maximum absolute atomic E-state index is 5.97. The minimum atomic E-state index is 0.691. The van der Waals surface area contributed by atoms with Gasteiger partial charge < -0.3 is 5.73 Å². The van der Waals surface area contributed by atoms with Crippen molar-refractivity contribution in [3.63, 3.8) is 0 Å². The van der Waals surface area contributed by atoms with Gasteiger partial charge in [0.25, 0.3) is 0 Å². The summed E-state index contributed by atoms with van der Waals surface area (Å²) in [5.74, 6) is 0.735. The van der Waals surface area contributed by atoms with Crippen LogP contribution in [0.4, 0.5) is 5.69 Å². The van der Waals surface area contributed by atoms with Crippen LogP contribution >= 0.6 is 22.6 Å². The molecule has 0 unspecified atom stereocenters. The summed E-state index contributed by atoms with van der Waals surface area (Å²) in [6, 6.07) is 5.83. The highest BCUT2D eigenvalue weighted by molar-refractivity contribution is 14.1. The molecule has 0 aliphatic rings. The summed E-state index contributed by atoms with van der Waals surface area (Å²) >= 11 is 2.25. The molecule has 17 heavy (non-hydrogen) atoms. The highest BCUT2D eigenvalue weighted by Gasteiger charge is 2.10. The van der Waals surface area contributed by atoms with Crippen LogP contribution in [0, 0.1) is 3.57 Å². The molecule has 84 valence electrons. The largest absolute Gasteiger partial charge is 0.398 e. The first kappa shape index (κ1) is 10.5. The number of rotatable bonds is 1. The number of nitrogens with two attached hydrogens (primary N) is 1. The minimum Gasteiger partial charge on any atom is -0.398 e. The smallest absolute Gasteiger partial charge is 0.179 e. The number of benzene rings is 1. The summed E-state index contributed by atoms with van der Waals surface area (Å²) in [4.78, 5) is 4.00. The second-order valence-electron chi connectivity index (χ2n) is 3.56. The fourth-order valence-electron chi connectivity index (χ4n) is 1.66. The van der Waals surface area contributed by atoms with Crippen molar-refractivity contribution in [1.82, 2.24) is 19.6 Å². The molecule has 0 radical (unpaired) electrons. The lowest BCUT2D eigenvalue weighted by Crippen LogP contribution is -1.95. The average molecular weight is 337 g/mol. The zero-order chi connectivity index (χ0) is 11.8. The topological polar surface area (TPSA) is 69.1 Å². The lowest BCUT2D eigenvalue weighted by atomic mass is 10.2. The molecule has 2 aromatic heterocycles. The standard InChI is InChI=1S/C11H8IN5/c12-7-1-2-9(13)8(5-7)11-16-15-10-6-14-3-4-17(10)11/h1-6H,13H2. The van der Waals surface area contributed by atoms with Crippen LogP contribution in [0.5, 0.6) is 0 Å². The van der Waals surface area contributed by atoms with E-state index in [1.165, 1.54) is 0 Å². The van der Waals surface area contributed by atoms with E-state index in [4.69, 9.17) is 5.73 Å². The Morgan fingerprint density at radius 2 is 2.12 bits per heavy atom. The van der Waals surface area contributed by atoms with Crippen molar-refractivity contribution < 1.29 is 0 Å². The van der Waals surface area contributed by atoms with Crippen molar-refractivity contribution in [3.8, 4) is 11.4 Å². The Balaban J connectivity index is 2.31. The third kappa shape index (κ3) is 1.74. The molecule has 0 aliphatic carbocycles. The van der Waals surface area contributed by atoms with Crippen molar-refractivity contribution in [3.05, 3.63) is 40.4 Å². The van der Waals surface area contributed by atoms with Gasteiger partial charge in [-0.25, -0.2) is 0 Å². The van der Waals surface area contributed by atoms with Crippen molar-refractivity contribution in [1.29, 1.82) is 0 Å². The molecule has 5 nitrogen and oxygen atoms in total. The van der Waals surface area contributed by atoms with Crippen molar-refractivity contribution in [2.75, 3.05) is 5.73 Å². The Kier molecular flexibility index (Phi) is 2.43. The predicted octanol–water partition coefficient (Wildman–Crippen LogP) is 1.98. The van der Waals surface area contributed by atoms with Crippen molar-refractivity contribution >= 4 is 33.9 Å². The van der Waals surface area contributed by atoms with Gasteiger partial charge in [0.15, 0.2) is 11.5 Å². The molecule has 2 N–H and O–H groups in total. The van der Waals surface area contributed by atoms with E-state index in [0.717, 1.165) is 15.0 Å². The van der Waals surface area contributed by atoms with E-state index >= 15 is 0 Å². The van der Waals surface area contributed by atoms with Gasteiger partial charge in [0.1, 0.15) is 0 Å². The Morgan fingerprint density at radius 3 is 3.00 bits per heavy atom. The van der Waals surface area contributed by atoms with Crippen LogP contribution in [0.2, 0.25) is 0 Å². The quantitative estimate of drug-likeness (QED) is 0.545. The van der Waals surface area contributed by atoms with Gasteiger partial charge in [-0.1, -0.05) is 0 Å². The van der Waals surface area contributed by atoms with E-state index in [0.29, 0.717) is 11.3 Å². The molecule has 0 amide bonds. The number of nitrogens with zero attached hydrogens (tertiary/aromatic N) is 4. The molecule has 0 atom stereocenters. The fraction of sp³-hybridized carbons (Fsp3) is 0. The second-order valence-corrected chi connectivity index (χ2v) is 4.81. The van der Waals surface area contributed by atoms with E-state index in [1.54, 1.807) is 12.4 Å². The number of fused-ring (bicyclic) bond motifs is 1. The SMILES string of the molecule is Nc1ccc(I)cc1-c1nnc2cnccn12. The Morgan fingerprint density at radius 1 is 1.24 bits per heavy atom. The second kappa shape index (κ2) is 3.95. The predicted molar refractivity (Wildman–Crippen MR) is 73.3 cm³/mol. The monoisotopic (exact) mass is 337 g/mol. The van der Waals surface area contributed by atoms with Crippen LogP contribution in [0.15, 0.2) is 36.8 Å². The van der Waals surface area contributed by atoms with Crippen LogP contribution in [0.25, 0.3) is 17.0 Å². The highest BCUT2D eigenvalue weighted by atomic mass is 127. The number of halogens is 1. The normalized spacial score (nSPS) is 10.9. The van der Waals surface area contributed by atoms with Crippen LogP contribution in [-0.4, -0.2) is 19.6 Å². The summed E-state index contributed by atoms with van der Waals surface area (Å²) in [5, 5.41) is 8.22. The molecule has 0 saturated heterocycles. The Hall–Kier alpha value is -1.70. The van der Waals surface area contributed by atoms with Gasteiger partial charge in [0, 0.05) is 27.2 Å². The van der Waals surface area contributed by atoms with Crippen LogP contribution < -0.4 is 5.73 Å². The highest BCUT2D eigenvalue weighted by Crippen LogP contribution is 2.26. The van der Waals surface area contributed by atoms with E-state index in [9.17, 15) is 0 Å². The Labute approximate surface area is 111 Å². The van der Waals surface area contributed by atoms with E-state index in [2.05, 4.69) is 37.8 Å². The molecule has 2 heterocycles. The molecule has 0 aliphatic heterocycles. The first-order valence-electron chi connectivity index (χ1n) is 4.96. The summed E-state index contributed by atoms with van der Waals surface area (Å²) in [5.41, 5.74) is 8.26. The van der Waals surface area contributed by atoms with Crippen molar-refractivity contribution in [2.24, 2.45) is 0 Å². The van der Waals surface area contributed by atoms with Gasteiger partial charge in [-0.3, -0.25) is 9.38 Å². The number of nitrogen functional groups attached to an aromatic ring is 1. The first-order valence-corrected chi connectivity index (χ1v) is 6.04. The Bertz CT molecular complexity index is 691. The third-order valence-corrected chi connectivity index (χ3v) is 3.14. The number of hydrogen-bond donors (Lipinski definition) is 1. The summed E-state index contributed by atoms with van der Waals surface area (Å²) in [7, 11) is 0. The van der Waals surface area contributed by atoms with Gasteiger partial charge in [-0.05, 0) is 40.8 Å². The minimum absolute atomic E-state index is 0.691. The van der Waals surface area contributed by atoms with Crippen molar-refractivity contribution in [2.45, 2.75) is 0 Å². The molecule has 0 spiro atoms. The molecule has 0 fully saturated rings. The molecule has 6 heteroatoms. The van der Waals surface area contributed by atoms with Crippen LogP contribution in [-0.2, 0) is 0 Å². The zero-order valence-electron chi connectivity index (χ0n) is 8.71. The van der Waals surface area contributed by atoms with Gasteiger partial charge in [-0.15, -0.1) is 10.2 Å². The third-order valence-electron chi connectivity index (χ3n) is 2.47. The fourth-order valence-corrected chi connectivity index (χ4v) is 2.15.